The molecule has 1 fully saturated rings. The number of hydrogen-bond donors (Lipinski definition) is 2. The third kappa shape index (κ3) is 2.73. The van der Waals surface area contributed by atoms with Gasteiger partial charge in [0, 0.05) is 19.7 Å². The molecule has 66 valence electrons. The largest absolute Gasteiger partial charge is 0.379 e. The second-order valence-electron chi connectivity index (χ2n) is 3.03. The van der Waals surface area contributed by atoms with E-state index in [4.69, 9.17) is 10.5 Å². The van der Waals surface area contributed by atoms with Gasteiger partial charge in [-0.3, -0.25) is 0 Å². The van der Waals surface area contributed by atoms with Crippen LogP contribution in [0.3, 0.4) is 0 Å². The van der Waals surface area contributed by atoms with Crippen molar-refractivity contribution in [3.05, 3.63) is 0 Å². The van der Waals surface area contributed by atoms with Crippen LogP contribution >= 0.6 is 0 Å². The van der Waals surface area contributed by atoms with Crippen LogP contribution in [0.15, 0.2) is 0 Å². The van der Waals surface area contributed by atoms with Crippen molar-refractivity contribution < 1.29 is 9.13 Å². The summed E-state index contributed by atoms with van der Waals surface area (Å²) in [6, 6.07) is 0. The number of halogens is 1. The Morgan fingerprint density at radius 1 is 1.64 bits per heavy atom. The molecule has 4 heteroatoms. The first kappa shape index (κ1) is 8.90. The minimum Gasteiger partial charge on any atom is -0.379 e. The predicted molar refractivity (Wildman–Crippen MR) is 41.2 cm³/mol. The Bertz CT molecular complexity index is 115. The Balaban J connectivity index is 2.13. The van der Waals surface area contributed by atoms with Crippen LogP contribution in [-0.2, 0) is 4.74 Å². The zero-order chi connectivity index (χ0) is 8.16. The van der Waals surface area contributed by atoms with Gasteiger partial charge in [0.05, 0.1) is 12.1 Å². The van der Waals surface area contributed by atoms with E-state index in [9.17, 15) is 4.39 Å². The van der Waals surface area contributed by atoms with Gasteiger partial charge in [0.15, 0.2) is 0 Å². The molecule has 3 nitrogen and oxygen atoms in total. The van der Waals surface area contributed by atoms with E-state index in [1.807, 2.05) is 0 Å². The zero-order valence-electron chi connectivity index (χ0n) is 6.61. The first-order chi connectivity index (χ1) is 5.27. The van der Waals surface area contributed by atoms with E-state index < -0.39 is 0 Å². The van der Waals surface area contributed by atoms with Gasteiger partial charge in [-0.2, -0.15) is 0 Å². The van der Waals surface area contributed by atoms with Crippen molar-refractivity contribution in [3.8, 4) is 0 Å². The van der Waals surface area contributed by atoms with Gasteiger partial charge < -0.3 is 15.8 Å². The molecule has 1 saturated heterocycles. The number of ether oxygens (including phenoxy) is 1. The average molecular weight is 162 g/mol. The fourth-order valence-corrected chi connectivity index (χ4v) is 1.17. The number of alkyl halides is 1. The topological polar surface area (TPSA) is 47.3 Å². The van der Waals surface area contributed by atoms with Crippen molar-refractivity contribution in [1.29, 1.82) is 0 Å². The Kier molecular flexibility index (Phi) is 3.23. The fraction of sp³-hybridized carbons (Fsp3) is 1.00. The van der Waals surface area contributed by atoms with Crippen molar-refractivity contribution in [1.82, 2.24) is 5.32 Å². The smallest absolute Gasteiger partial charge is 0.102 e. The van der Waals surface area contributed by atoms with Crippen LogP contribution in [0.2, 0.25) is 0 Å². The molecule has 0 amide bonds. The first-order valence-corrected chi connectivity index (χ1v) is 3.90. The Hall–Kier alpha value is -0.190. The number of rotatable bonds is 4. The maximum absolute atomic E-state index is 11.7. The molecule has 0 aromatic rings. The molecule has 0 aromatic carbocycles. The summed E-state index contributed by atoms with van der Waals surface area (Å²) in [6.45, 7) is 2.02. The highest BCUT2D eigenvalue weighted by Gasteiger charge is 2.29. The van der Waals surface area contributed by atoms with Gasteiger partial charge in [-0.15, -0.1) is 0 Å². The molecule has 1 atom stereocenters. The number of nitrogens with two attached hydrogens (primary N) is 1. The number of nitrogens with one attached hydrogen (secondary N) is 1. The van der Waals surface area contributed by atoms with Crippen molar-refractivity contribution >= 4 is 0 Å². The minimum atomic E-state index is -0.336. The molecule has 0 radical (unpaired) electrons. The lowest BCUT2D eigenvalue weighted by Gasteiger charge is -2.21. The molecule has 11 heavy (non-hydrogen) atoms. The average Bonchev–Trinajstić information content (AvgIpc) is 2.38. The van der Waals surface area contributed by atoms with Gasteiger partial charge in [-0.05, 0) is 6.42 Å². The molecule has 1 aliphatic rings. The molecule has 0 bridgehead atoms. The van der Waals surface area contributed by atoms with E-state index in [0.29, 0.717) is 19.7 Å². The standard InChI is InChI=1S/C7H15FN2O/c8-2-3-10-5-7(9)1-4-11-6-7/h10H,1-6,9H2. The molecule has 1 unspecified atom stereocenters. The quantitative estimate of drug-likeness (QED) is 0.556. The highest BCUT2D eigenvalue weighted by molar-refractivity contribution is 4.89. The molecule has 3 N–H and O–H groups in total. The third-order valence-corrected chi connectivity index (χ3v) is 1.88. The third-order valence-electron chi connectivity index (χ3n) is 1.88. The van der Waals surface area contributed by atoms with Crippen LogP contribution in [0.4, 0.5) is 4.39 Å². The minimum absolute atomic E-state index is 0.255. The summed E-state index contributed by atoms with van der Waals surface area (Å²) in [5.41, 5.74) is 5.64. The molecular weight excluding hydrogens is 147 g/mol. The molecule has 0 saturated carbocycles. The van der Waals surface area contributed by atoms with Gasteiger partial charge in [-0.25, -0.2) is 4.39 Å². The Morgan fingerprint density at radius 3 is 3.00 bits per heavy atom. The number of hydrogen-bond acceptors (Lipinski definition) is 3. The molecule has 1 heterocycles. The van der Waals surface area contributed by atoms with E-state index in [0.717, 1.165) is 13.0 Å². The predicted octanol–water partition coefficient (Wildman–Crippen LogP) is -0.337. The normalized spacial score (nSPS) is 31.1. The molecule has 0 aliphatic carbocycles. The van der Waals surface area contributed by atoms with E-state index >= 15 is 0 Å². The molecule has 0 spiro atoms. The summed E-state index contributed by atoms with van der Waals surface area (Å²) >= 11 is 0. The molecular formula is C7H15FN2O. The zero-order valence-corrected chi connectivity index (χ0v) is 6.61. The second-order valence-corrected chi connectivity index (χ2v) is 3.03. The van der Waals surface area contributed by atoms with Gasteiger partial charge >= 0.3 is 0 Å². The lowest BCUT2D eigenvalue weighted by atomic mass is 10.0. The maximum atomic E-state index is 11.7. The summed E-state index contributed by atoms with van der Waals surface area (Å²) in [4.78, 5) is 0. The fourth-order valence-electron chi connectivity index (χ4n) is 1.17. The van der Waals surface area contributed by atoms with Gasteiger partial charge in [0.1, 0.15) is 6.67 Å². The summed E-state index contributed by atoms with van der Waals surface area (Å²) < 4.78 is 16.8. The van der Waals surface area contributed by atoms with Crippen molar-refractivity contribution in [2.75, 3.05) is 33.0 Å². The van der Waals surface area contributed by atoms with Crippen LogP contribution in [0, 0.1) is 0 Å². The lowest BCUT2D eigenvalue weighted by Crippen LogP contribution is -2.49. The summed E-state index contributed by atoms with van der Waals surface area (Å²) in [5.74, 6) is 0. The van der Waals surface area contributed by atoms with Crippen LogP contribution in [0.25, 0.3) is 0 Å². The van der Waals surface area contributed by atoms with Gasteiger partial charge in [0.25, 0.3) is 0 Å². The van der Waals surface area contributed by atoms with E-state index in [1.165, 1.54) is 0 Å². The highest BCUT2D eigenvalue weighted by Crippen LogP contribution is 2.13. The van der Waals surface area contributed by atoms with Crippen LogP contribution in [0.1, 0.15) is 6.42 Å². The van der Waals surface area contributed by atoms with E-state index in [1.54, 1.807) is 0 Å². The van der Waals surface area contributed by atoms with Gasteiger partial charge in [0.2, 0.25) is 0 Å². The molecule has 1 aliphatic heterocycles. The van der Waals surface area contributed by atoms with Crippen LogP contribution < -0.4 is 11.1 Å². The summed E-state index contributed by atoms with van der Waals surface area (Å²) in [6.07, 6.45) is 0.867. The first-order valence-electron chi connectivity index (χ1n) is 3.90. The SMILES string of the molecule is NC1(CNCCF)CCOC1. The Morgan fingerprint density at radius 2 is 2.45 bits per heavy atom. The van der Waals surface area contributed by atoms with E-state index in [2.05, 4.69) is 5.32 Å². The van der Waals surface area contributed by atoms with Crippen LogP contribution in [0.5, 0.6) is 0 Å². The van der Waals surface area contributed by atoms with Crippen molar-refractivity contribution in [3.63, 3.8) is 0 Å². The monoisotopic (exact) mass is 162 g/mol. The van der Waals surface area contributed by atoms with Crippen molar-refractivity contribution in [2.24, 2.45) is 5.73 Å². The van der Waals surface area contributed by atoms with Crippen molar-refractivity contribution in [2.45, 2.75) is 12.0 Å². The highest BCUT2D eigenvalue weighted by atomic mass is 19.1. The maximum Gasteiger partial charge on any atom is 0.102 e. The summed E-state index contributed by atoms with van der Waals surface area (Å²) in [5, 5.41) is 2.94. The van der Waals surface area contributed by atoms with Gasteiger partial charge in [-0.1, -0.05) is 0 Å². The Labute approximate surface area is 66.1 Å². The summed E-state index contributed by atoms with van der Waals surface area (Å²) in [7, 11) is 0. The molecule has 0 aromatic heterocycles. The van der Waals surface area contributed by atoms with E-state index in [-0.39, 0.29) is 12.2 Å². The lowest BCUT2D eigenvalue weighted by molar-refractivity contribution is 0.177. The second kappa shape index (κ2) is 3.99. The van der Waals surface area contributed by atoms with Crippen LogP contribution in [-0.4, -0.2) is 38.5 Å². The molecule has 1 rings (SSSR count).